The highest BCUT2D eigenvalue weighted by Gasteiger charge is 2.24. The second-order valence-corrected chi connectivity index (χ2v) is 5.61. The lowest BCUT2D eigenvalue weighted by atomic mass is 10.1. The maximum Gasteiger partial charge on any atom is 0.153 e. The fourth-order valence-electron chi connectivity index (χ4n) is 2.69. The Morgan fingerprint density at radius 2 is 2.15 bits per heavy atom. The topological polar surface area (TPSA) is 61.8 Å². The van der Waals surface area contributed by atoms with Gasteiger partial charge >= 0.3 is 0 Å². The summed E-state index contributed by atoms with van der Waals surface area (Å²) in [6.07, 6.45) is 4.46. The fourth-order valence-corrected chi connectivity index (χ4v) is 2.85. The normalized spacial score (nSPS) is 17.1. The third-order valence-corrected chi connectivity index (χ3v) is 3.96. The molecule has 1 fully saturated rings. The summed E-state index contributed by atoms with van der Waals surface area (Å²) < 4.78 is 13.9. The SMILES string of the molecule is N/C(CN(Cc1ccc(Cl)cc1F)C1CCCC1)=N/O. The summed E-state index contributed by atoms with van der Waals surface area (Å²) in [5.74, 6) is -0.175. The van der Waals surface area contributed by atoms with E-state index in [1.54, 1.807) is 12.1 Å². The molecule has 1 aromatic carbocycles. The zero-order chi connectivity index (χ0) is 14.5. The lowest BCUT2D eigenvalue weighted by Gasteiger charge is -2.28. The molecule has 110 valence electrons. The first-order chi connectivity index (χ1) is 9.60. The molecular formula is C14H19ClFN3O. The summed E-state index contributed by atoms with van der Waals surface area (Å²) in [5, 5.41) is 12.1. The van der Waals surface area contributed by atoms with Crippen molar-refractivity contribution < 1.29 is 9.60 Å². The molecule has 0 unspecified atom stereocenters. The van der Waals surface area contributed by atoms with Gasteiger partial charge in [0.15, 0.2) is 5.84 Å². The number of oxime groups is 1. The molecule has 1 aliphatic rings. The van der Waals surface area contributed by atoms with Gasteiger partial charge in [0, 0.05) is 23.2 Å². The van der Waals surface area contributed by atoms with Crippen molar-refractivity contribution in [2.24, 2.45) is 10.9 Å². The zero-order valence-electron chi connectivity index (χ0n) is 11.2. The lowest BCUT2D eigenvalue weighted by Crippen LogP contribution is -2.39. The molecule has 0 spiro atoms. The Kier molecular flexibility index (Phi) is 5.20. The Balaban J connectivity index is 2.13. The van der Waals surface area contributed by atoms with E-state index < -0.39 is 0 Å². The van der Waals surface area contributed by atoms with Crippen LogP contribution < -0.4 is 5.73 Å². The van der Waals surface area contributed by atoms with Crippen LogP contribution in [-0.2, 0) is 6.54 Å². The molecule has 6 heteroatoms. The molecule has 0 saturated heterocycles. The van der Waals surface area contributed by atoms with E-state index in [2.05, 4.69) is 10.1 Å². The molecule has 20 heavy (non-hydrogen) atoms. The zero-order valence-corrected chi connectivity index (χ0v) is 12.0. The van der Waals surface area contributed by atoms with Crippen LogP contribution in [0.25, 0.3) is 0 Å². The van der Waals surface area contributed by atoms with Crippen molar-refractivity contribution in [2.45, 2.75) is 38.3 Å². The Morgan fingerprint density at radius 1 is 1.45 bits per heavy atom. The van der Waals surface area contributed by atoms with Crippen LogP contribution in [-0.4, -0.2) is 28.5 Å². The average molecular weight is 300 g/mol. The number of nitrogens with zero attached hydrogens (tertiary/aromatic N) is 2. The van der Waals surface area contributed by atoms with E-state index in [0.29, 0.717) is 29.7 Å². The van der Waals surface area contributed by atoms with Gasteiger partial charge in [-0.2, -0.15) is 0 Å². The molecule has 0 radical (unpaired) electrons. The number of halogens is 2. The van der Waals surface area contributed by atoms with Gasteiger partial charge < -0.3 is 10.9 Å². The Morgan fingerprint density at radius 3 is 2.75 bits per heavy atom. The van der Waals surface area contributed by atoms with Gasteiger partial charge in [0.1, 0.15) is 5.82 Å². The number of rotatable bonds is 5. The second-order valence-electron chi connectivity index (χ2n) is 5.17. The van der Waals surface area contributed by atoms with Gasteiger partial charge in [0.25, 0.3) is 0 Å². The van der Waals surface area contributed by atoms with Crippen LogP contribution in [0.15, 0.2) is 23.4 Å². The van der Waals surface area contributed by atoms with Crippen LogP contribution >= 0.6 is 11.6 Å². The Labute approximate surface area is 123 Å². The summed E-state index contributed by atoms with van der Waals surface area (Å²) in [5.41, 5.74) is 6.18. The van der Waals surface area contributed by atoms with Crippen molar-refractivity contribution in [1.29, 1.82) is 0 Å². The van der Waals surface area contributed by atoms with Crippen molar-refractivity contribution in [3.05, 3.63) is 34.6 Å². The third kappa shape index (κ3) is 3.84. The van der Waals surface area contributed by atoms with E-state index in [4.69, 9.17) is 22.5 Å². The molecule has 0 atom stereocenters. The van der Waals surface area contributed by atoms with Crippen molar-refractivity contribution >= 4 is 17.4 Å². The number of nitrogens with two attached hydrogens (primary N) is 1. The van der Waals surface area contributed by atoms with Gasteiger partial charge in [0.2, 0.25) is 0 Å². The number of hydrogen-bond acceptors (Lipinski definition) is 3. The van der Waals surface area contributed by atoms with Crippen LogP contribution in [0, 0.1) is 5.82 Å². The van der Waals surface area contributed by atoms with E-state index in [1.807, 2.05) is 0 Å². The highest BCUT2D eigenvalue weighted by Crippen LogP contribution is 2.26. The van der Waals surface area contributed by atoms with Crippen LogP contribution in [0.2, 0.25) is 5.02 Å². The monoisotopic (exact) mass is 299 g/mol. The quantitative estimate of drug-likeness (QED) is 0.380. The average Bonchev–Trinajstić information content (AvgIpc) is 2.94. The highest BCUT2D eigenvalue weighted by molar-refractivity contribution is 6.30. The lowest BCUT2D eigenvalue weighted by molar-refractivity contribution is 0.211. The van der Waals surface area contributed by atoms with Crippen LogP contribution in [0.5, 0.6) is 0 Å². The smallest absolute Gasteiger partial charge is 0.153 e. The minimum atomic E-state index is -0.319. The van der Waals surface area contributed by atoms with E-state index in [1.165, 1.54) is 18.9 Å². The minimum absolute atomic E-state index is 0.145. The third-order valence-electron chi connectivity index (χ3n) is 3.72. The van der Waals surface area contributed by atoms with Gasteiger partial charge in [-0.3, -0.25) is 4.90 Å². The molecule has 1 aromatic rings. The molecule has 3 N–H and O–H groups in total. The minimum Gasteiger partial charge on any atom is -0.409 e. The molecule has 1 saturated carbocycles. The van der Waals surface area contributed by atoms with E-state index >= 15 is 0 Å². The molecule has 0 aromatic heterocycles. The first-order valence-electron chi connectivity index (χ1n) is 6.74. The fraction of sp³-hybridized carbons (Fsp3) is 0.500. The Bertz CT molecular complexity index is 489. The Hall–Kier alpha value is -1.33. The van der Waals surface area contributed by atoms with Crippen LogP contribution in [0.4, 0.5) is 4.39 Å². The van der Waals surface area contributed by atoms with Crippen molar-refractivity contribution in [2.75, 3.05) is 6.54 Å². The van der Waals surface area contributed by atoms with Gasteiger partial charge in [-0.1, -0.05) is 35.7 Å². The molecular weight excluding hydrogens is 281 g/mol. The van der Waals surface area contributed by atoms with Gasteiger partial charge in [-0.05, 0) is 25.0 Å². The highest BCUT2D eigenvalue weighted by atomic mass is 35.5. The van der Waals surface area contributed by atoms with E-state index in [9.17, 15) is 4.39 Å². The summed E-state index contributed by atoms with van der Waals surface area (Å²) in [4.78, 5) is 2.06. The summed E-state index contributed by atoms with van der Waals surface area (Å²) in [6, 6.07) is 5.03. The molecule has 2 rings (SSSR count). The standard InChI is InChI=1S/C14H19ClFN3O/c15-11-6-5-10(13(16)7-11)8-19(9-14(17)18-20)12-3-1-2-4-12/h5-7,12,20H,1-4,8-9H2,(H2,17,18). The van der Waals surface area contributed by atoms with Crippen molar-refractivity contribution in [1.82, 2.24) is 4.90 Å². The predicted molar refractivity (Wildman–Crippen MR) is 77.5 cm³/mol. The molecule has 1 aliphatic carbocycles. The summed E-state index contributed by atoms with van der Waals surface area (Å²) >= 11 is 5.76. The molecule has 0 aliphatic heterocycles. The maximum absolute atomic E-state index is 13.9. The van der Waals surface area contributed by atoms with Crippen molar-refractivity contribution in [3.8, 4) is 0 Å². The first kappa shape index (κ1) is 15.1. The largest absolute Gasteiger partial charge is 0.409 e. The van der Waals surface area contributed by atoms with Gasteiger partial charge in [0.05, 0.1) is 6.54 Å². The molecule has 4 nitrogen and oxygen atoms in total. The first-order valence-corrected chi connectivity index (χ1v) is 7.12. The summed E-state index contributed by atoms with van der Waals surface area (Å²) in [7, 11) is 0. The molecule has 0 amide bonds. The predicted octanol–water partition coefficient (Wildman–Crippen LogP) is 2.97. The number of amidine groups is 1. The number of hydrogen-bond donors (Lipinski definition) is 2. The van der Waals surface area contributed by atoms with Gasteiger partial charge in [-0.25, -0.2) is 4.39 Å². The second kappa shape index (κ2) is 6.90. The maximum atomic E-state index is 13.9. The molecule has 0 heterocycles. The van der Waals surface area contributed by atoms with Crippen LogP contribution in [0.3, 0.4) is 0 Å². The van der Waals surface area contributed by atoms with E-state index in [0.717, 1.165) is 12.8 Å². The van der Waals surface area contributed by atoms with Crippen molar-refractivity contribution in [3.63, 3.8) is 0 Å². The van der Waals surface area contributed by atoms with Crippen LogP contribution in [0.1, 0.15) is 31.2 Å². The van der Waals surface area contributed by atoms with E-state index in [-0.39, 0.29) is 11.7 Å². The van der Waals surface area contributed by atoms with Gasteiger partial charge in [-0.15, -0.1) is 0 Å². The molecule has 0 bridgehead atoms. The summed E-state index contributed by atoms with van der Waals surface area (Å²) in [6.45, 7) is 0.771. The number of benzene rings is 1.